The first-order valence-corrected chi connectivity index (χ1v) is 10.7. The number of pyridine rings is 1. The molecule has 1 N–H and O–H groups in total. The zero-order valence-electron chi connectivity index (χ0n) is 15.3. The molecule has 1 aromatic rings. The number of fused-ring (bicyclic) bond motifs is 3. The maximum atomic E-state index is 13.5. The highest BCUT2D eigenvalue weighted by Gasteiger charge is 2.53. The van der Waals surface area contributed by atoms with Crippen LogP contribution in [0.15, 0.2) is 23.4 Å². The van der Waals surface area contributed by atoms with Crippen LogP contribution in [0, 0.1) is 0 Å². The van der Waals surface area contributed by atoms with Gasteiger partial charge < -0.3 is 14.7 Å². The highest BCUT2D eigenvalue weighted by Crippen LogP contribution is 2.44. The third-order valence-electron chi connectivity index (χ3n) is 6.13. The van der Waals surface area contributed by atoms with Gasteiger partial charge in [-0.3, -0.25) is 9.69 Å². The molecule has 6 nitrogen and oxygen atoms in total. The normalized spacial score (nSPS) is 32.0. The number of ether oxygens (including phenoxy) is 1. The molecule has 1 amide bonds. The van der Waals surface area contributed by atoms with E-state index in [0.29, 0.717) is 5.56 Å². The summed E-state index contributed by atoms with van der Waals surface area (Å²) in [5.41, 5.74) is -0.118. The lowest BCUT2D eigenvalue weighted by Gasteiger charge is -2.57. The molecule has 4 aliphatic rings. The Kier molecular flexibility index (Phi) is 5.23. The first kappa shape index (κ1) is 18.2. The first-order chi connectivity index (χ1) is 12.6. The minimum atomic E-state index is -0.773. The van der Waals surface area contributed by atoms with Gasteiger partial charge in [-0.1, -0.05) is 0 Å². The van der Waals surface area contributed by atoms with Crippen LogP contribution in [0.1, 0.15) is 36.0 Å². The average molecular weight is 378 g/mol. The van der Waals surface area contributed by atoms with Crippen LogP contribution < -0.4 is 0 Å². The molecule has 1 unspecified atom stereocenters. The van der Waals surface area contributed by atoms with Crippen molar-refractivity contribution in [3.63, 3.8) is 0 Å². The van der Waals surface area contributed by atoms with Crippen molar-refractivity contribution in [1.82, 2.24) is 14.8 Å². The number of rotatable bonds is 4. The lowest BCUT2D eigenvalue weighted by Crippen LogP contribution is -2.69. The molecule has 4 heterocycles. The van der Waals surface area contributed by atoms with Crippen LogP contribution in [0.4, 0.5) is 0 Å². The van der Waals surface area contributed by atoms with Gasteiger partial charge in [0.05, 0.1) is 30.4 Å². The van der Waals surface area contributed by atoms with Gasteiger partial charge in [0.15, 0.2) is 0 Å². The van der Waals surface area contributed by atoms with Crippen LogP contribution in [0.25, 0.3) is 0 Å². The summed E-state index contributed by atoms with van der Waals surface area (Å²) in [6, 6.07) is 3.74. The molecule has 2 bridgehead atoms. The standard InChI is InChI=1S/C19H27N3O3S/c1-26-17-15(3-2-8-20-17)18(23)22-14-4-6-19(24,7-5-14)16(22)13-21-9-11-25-12-10-21/h2-3,8,14,16,24H,4-7,9-13H2,1H3. The Hall–Kier alpha value is -1.15. The molecule has 26 heavy (non-hydrogen) atoms. The molecule has 3 aliphatic heterocycles. The van der Waals surface area contributed by atoms with E-state index in [1.54, 1.807) is 6.20 Å². The van der Waals surface area contributed by atoms with Gasteiger partial charge in [0.1, 0.15) is 5.03 Å². The Morgan fingerprint density at radius 1 is 1.38 bits per heavy atom. The van der Waals surface area contributed by atoms with Gasteiger partial charge in [-0.05, 0) is 44.1 Å². The zero-order valence-corrected chi connectivity index (χ0v) is 16.1. The molecule has 0 spiro atoms. The third-order valence-corrected chi connectivity index (χ3v) is 6.85. The molecule has 1 aromatic heterocycles. The summed E-state index contributed by atoms with van der Waals surface area (Å²) in [4.78, 5) is 22.2. The van der Waals surface area contributed by atoms with E-state index in [0.717, 1.165) is 63.6 Å². The van der Waals surface area contributed by atoms with Crippen molar-refractivity contribution in [2.24, 2.45) is 0 Å². The SMILES string of the molecule is CSc1ncccc1C(=O)N1C2CCC(O)(CC2)C1CN1CCOCC1. The number of aromatic nitrogens is 1. The van der Waals surface area contributed by atoms with Crippen LogP contribution in [0.3, 0.4) is 0 Å². The Bertz CT molecular complexity index is 657. The van der Waals surface area contributed by atoms with E-state index in [1.807, 2.05) is 23.3 Å². The first-order valence-electron chi connectivity index (χ1n) is 9.46. The van der Waals surface area contributed by atoms with Crippen molar-refractivity contribution in [3.05, 3.63) is 23.9 Å². The minimum absolute atomic E-state index is 0.0172. The van der Waals surface area contributed by atoms with Crippen LogP contribution in [0.2, 0.25) is 0 Å². The number of piperidine rings is 2. The van der Waals surface area contributed by atoms with Crippen LogP contribution in [-0.2, 0) is 4.74 Å². The van der Waals surface area contributed by atoms with Gasteiger partial charge in [0.2, 0.25) is 0 Å². The number of thioether (sulfide) groups is 1. The van der Waals surface area contributed by atoms with Gasteiger partial charge in [0, 0.05) is 31.9 Å². The minimum Gasteiger partial charge on any atom is -0.388 e. The summed E-state index contributed by atoms with van der Waals surface area (Å²) >= 11 is 1.50. The van der Waals surface area contributed by atoms with E-state index >= 15 is 0 Å². The fraction of sp³-hybridized carbons (Fsp3) is 0.684. The maximum Gasteiger partial charge on any atom is 0.257 e. The molecular weight excluding hydrogens is 350 g/mol. The largest absolute Gasteiger partial charge is 0.388 e. The van der Waals surface area contributed by atoms with Crippen LogP contribution >= 0.6 is 11.8 Å². The molecule has 142 valence electrons. The van der Waals surface area contributed by atoms with Crippen LogP contribution in [0.5, 0.6) is 0 Å². The van der Waals surface area contributed by atoms with E-state index in [-0.39, 0.29) is 18.0 Å². The monoisotopic (exact) mass is 377 g/mol. The number of nitrogens with zero attached hydrogens (tertiary/aromatic N) is 3. The number of carbonyl (C=O) groups excluding carboxylic acids is 1. The van der Waals surface area contributed by atoms with E-state index in [4.69, 9.17) is 4.74 Å². The van der Waals surface area contributed by atoms with Gasteiger partial charge in [-0.25, -0.2) is 4.98 Å². The lowest BCUT2D eigenvalue weighted by atomic mass is 9.70. The number of morpholine rings is 1. The second kappa shape index (κ2) is 7.46. The van der Waals surface area contributed by atoms with E-state index < -0.39 is 5.60 Å². The average Bonchev–Trinajstić information content (AvgIpc) is 2.69. The van der Waals surface area contributed by atoms with Crippen molar-refractivity contribution < 1.29 is 14.6 Å². The van der Waals surface area contributed by atoms with Crippen molar-refractivity contribution in [2.75, 3.05) is 39.1 Å². The number of hydrogen-bond donors (Lipinski definition) is 1. The predicted octanol–water partition coefficient (Wildman–Crippen LogP) is 1.63. The maximum absolute atomic E-state index is 13.5. The van der Waals surface area contributed by atoms with Gasteiger partial charge >= 0.3 is 0 Å². The summed E-state index contributed by atoms with van der Waals surface area (Å²) < 4.78 is 5.45. The molecule has 3 saturated heterocycles. The van der Waals surface area contributed by atoms with Crippen molar-refractivity contribution in [1.29, 1.82) is 0 Å². The Balaban J connectivity index is 1.63. The second-order valence-electron chi connectivity index (χ2n) is 7.54. The Morgan fingerprint density at radius 3 is 2.81 bits per heavy atom. The quantitative estimate of drug-likeness (QED) is 0.805. The molecule has 1 saturated carbocycles. The highest BCUT2D eigenvalue weighted by atomic mass is 32.2. The number of amides is 1. The smallest absolute Gasteiger partial charge is 0.257 e. The molecule has 7 heteroatoms. The van der Waals surface area contributed by atoms with E-state index in [2.05, 4.69) is 9.88 Å². The molecule has 5 rings (SSSR count). The molecule has 1 atom stereocenters. The summed E-state index contributed by atoms with van der Waals surface area (Å²) in [6.07, 6.45) is 7.02. The van der Waals surface area contributed by atoms with E-state index in [9.17, 15) is 9.90 Å². The number of hydrogen-bond acceptors (Lipinski definition) is 6. The lowest BCUT2D eigenvalue weighted by molar-refractivity contribution is -0.138. The molecular formula is C19H27N3O3S. The van der Waals surface area contributed by atoms with Crippen LogP contribution in [-0.4, -0.2) is 82.6 Å². The fourth-order valence-corrected chi connectivity index (χ4v) is 5.22. The summed E-state index contributed by atoms with van der Waals surface area (Å²) in [7, 11) is 0. The van der Waals surface area contributed by atoms with Crippen molar-refractivity contribution in [3.8, 4) is 0 Å². The molecule has 0 aromatic carbocycles. The Morgan fingerprint density at radius 2 is 2.12 bits per heavy atom. The summed E-state index contributed by atoms with van der Waals surface area (Å²) in [6.45, 7) is 3.89. The zero-order chi connectivity index (χ0) is 18.1. The third kappa shape index (κ3) is 3.26. The molecule has 4 fully saturated rings. The van der Waals surface area contributed by atoms with Gasteiger partial charge in [-0.15, -0.1) is 11.8 Å². The van der Waals surface area contributed by atoms with Gasteiger partial charge in [0.25, 0.3) is 5.91 Å². The number of carbonyl (C=O) groups is 1. The van der Waals surface area contributed by atoms with E-state index in [1.165, 1.54) is 11.8 Å². The topological polar surface area (TPSA) is 65.9 Å². The second-order valence-corrected chi connectivity index (χ2v) is 8.33. The molecule has 1 aliphatic carbocycles. The van der Waals surface area contributed by atoms with Crippen molar-refractivity contribution in [2.45, 2.75) is 48.4 Å². The summed E-state index contributed by atoms with van der Waals surface area (Å²) in [5, 5.41) is 12.1. The fourth-order valence-electron chi connectivity index (χ4n) is 4.68. The number of aliphatic hydroxyl groups is 1. The van der Waals surface area contributed by atoms with Gasteiger partial charge in [-0.2, -0.15) is 0 Å². The predicted molar refractivity (Wildman–Crippen MR) is 100 cm³/mol. The Labute approximate surface area is 158 Å². The molecule has 0 radical (unpaired) electrons. The summed E-state index contributed by atoms with van der Waals surface area (Å²) in [5.74, 6) is 0.0172. The highest BCUT2D eigenvalue weighted by molar-refractivity contribution is 7.98. The van der Waals surface area contributed by atoms with Crippen molar-refractivity contribution >= 4 is 17.7 Å².